The Morgan fingerprint density at radius 2 is 1.82 bits per heavy atom. The van der Waals surface area contributed by atoms with E-state index in [9.17, 15) is 0 Å². The third-order valence-corrected chi connectivity index (χ3v) is 4.39. The topological polar surface area (TPSA) is 48.2 Å². The molecule has 0 radical (unpaired) electrons. The number of rotatable bonds is 3. The highest BCUT2D eigenvalue weighted by Crippen LogP contribution is 2.35. The van der Waals surface area contributed by atoms with E-state index in [1.54, 1.807) is 25.2 Å². The van der Waals surface area contributed by atoms with Crippen LogP contribution in [0.1, 0.15) is 0 Å². The van der Waals surface area contributed by atoms with Crippen LogP contribution in [0, 0.1) is 0 Å². The van der Waals surface area contributed by atoms with E-state index in [2.05, 4.69) is 9.97 Å². The number of methoxy groups -OCH3 is 1. The van der Waals surface area contributed by atoms with E-state index in [0.29, 0.717) is 0 Å². The van der Waals surface area contributed by atoms with E-state index in [1.165, 1.54) is 0 Å². The molecule has 0 fully saturated rings. The predicted octanol–water partition coefficient (Wildman–Crippen LogP) is 4.54. The van der Waals surface area contributed by atoms with Crippen LogP contribution in [-0.4, -0.2) is 17.1 Å². The Morgan fingerprint density at radius 3 is 2.64 bits per heavy atom. The molecule has 0 aliphatic rings. The van der Waals surface area contributed by atoms with E-state index in [4.69, 9.17) is 9.15 Å². The van der Waals surface area contributed by atoms with Crippen molar-refractivity contribution >= 4 is 33.8 Å². The van der Waals surface area contributed by atoms with Crippen LogP contribution in [0.2, 0.25) is 0 Å². The van der Waals surface area contributed by atoms with Gasteiger partial charge in [-0.1, -0.05) is 23.9 Å². The number of hydrogen-bond donors (Lipinski definition) is 0. The number of fused-ring (bicyclic) bond motifs is 3. The minimum atomic E-state index is 0.726. The number of nitrogens with zero attached hydrogens (tertiary/aromatic N) is 2. The molecule has 22 heavy (non-hydrogen) atoms. The van der Waals surface area contributed by atoms with Crippen molar-refractivity contribution in [1.29, 1.82) is 0 Å². The van der Waals surface area contributed by atoms with Gasteiger partial charge in [-0.25, -0.2) is 9.97 Å². The average molecular weight is 308 g/mol. The van der Waals surface area contributed by atoms with Crippen LogP contribution in [0.25, 0.3) is 22.1 Å². The Kier molecular flexibility index (Phi) is 3.20. The fourth-order valence-electron chi connectivity index (χ4n) is 2.33. The molecule has 2 heterocycles. The molecule has 4 aromatic rings. The monoisotopic (exact) mass is 308 g/mol. The normalized spacial score (nSPS) is 11.1. The quantitative estimate of drug-likeness (QED) is 0.520. The number of aromatic nitrogens is 2. The maximum absolute atomic E-state index is 5.93. The molecule has 2 aromatic carbocycles. The van der Waals surface area contributed by atoms with Gasteiger partial charge in [0.15, 0.2) is 5.58 Å². The number of ether oxygens (including phenoxy) is 1. The van der Waals surface area contributed by atoms with Gasteiger partial charge in [0.25, 0.3) is 0 Å². The SMILES string of the molecule is COc1ccc(Sc2ncnc3c2oc2ccccc23)cc1. The summed E-state index contributed by atoms with van der Waals surface area (Å²) in [5.41, 5.74) is 2.40. The fraction of sp³-hybridized carbons (Fsp3) is 0.0588. The molecule has 0 amide bonds. The zero-order chi connectivity index (χ0) is 14.9. The van der Waals surface area contributed by atoms with Gasteiger partial charge in [-0.05, 0) is 36.4 Å². The summed E-state index contributed by atoms with van der Waals surface area (Å²) in [7, 11) is 1.66. The van der Waals surface area contributed by atoms with Crippen molar-refractivity contribution in [2.45, 2.75) is 9.92 Å². The number of para-hydroxylation sites is 1. The number of hydrogen-bond acceptors (Lipinski definition) is 5. The first-order valence-electron chi connectivity index (χ1n) is 6.79. The molecule has 0 spiro atoms. The second-order valence-corrected chi connectivity index (χ2v) is 5.79. The molecule has 0 N–H and O–H groups in total. The van der Waals surface area contributed by atoms with Crippen LogP contribution in [-0.2, 0) is 0 Å². The summed E-state index contributed by atoms with van der Waals surface area (Å²) < 4.78 is 11.1. The van der Waals surface area contributed by atoms with Gasteiger partial charge in [-0.3, -0.25) is 0 Å². The molecule has 0 bridgehead atoms. The molecule has 0 aliphatic carbocycles. The summed E-state index contributed by atoms with van der Waals surface area (Å²) >= 11 is 1.55. The molecular formula is C17H12N2O2S. The lowest BCUT2D eigenvalue weighted by Crippen LogP contribution is -1.85. The summed E-state index contributed by atoms with van der Waals surface area (Å²) in [5, 5.41) is 1.82. The molecule has 0 saturated carbocycles. The van der Waals surface area contributed by atoms with Gasteiger partial charge in [0.05, 0.1) is 7.11 Å². The van der Waals surface area contributed by atoms with Crippen LogP contribution in [0.3, 0.4) is 0 Å². The van der Waals surface area contributed by atoms with E-state index in [1.807, 2.05) is 48.5 Å². The average Bonchev–Trinajstić information content (AvgIpc) is 2.95. The van der Waals surface area contributed by atoms with Gasteiger partial charge < -0.3 is 9.15 Å². The molecule has 4 nitrogen and oxygen atoms in total. The highest BCUT2D eigenvalue weighted by molar-refractivity contribution is 7.99. The van der Waals surface area contributed by atoms with Crippen molar-refractivity contribution < 1.29 is 9.15 Å². The Bertz CT molecular complexity index is 948. The van der Waals surface area contributed by atoms with Crippen molar-refractivity contribution in [2.75, 3.05) is 7.11 Å². The molecule has 0 saturated heterocycles. The summed E-state index contributed by atoms with van der Waals surface area (Å²) in [5.74, 6) is 0.834. The molecule has 2 aromatic heterocycles. The van der Waals surface area contributed by atoms with Crippen molar-refractivity contribution in [3.63, 3.8) is 0 Å². The van der Waals surface area contributed by atoms with Crippen LogP contribution in [0.15, 0.2) is 69.2 Å². The first kappa shape index (κ1) is 13.2. The van der Waals surface area contributed by atoms with Crippen LogP contribution >= 0.6 is 11.8 Å². The molecule has 108 valence electrons. The van der Waals surface area contributed by atoms with Gasteiger partial charge >= 0.3 is 0 Å². The van der Waals surface area contributed by atoms with Crippen molar-refractivity contribution in [1.82, 2.24) is 9.97 Å². The predicted molar refractivity (Wildman–Crippen MR) is 86.4 cm³/mol. The summed E-state index contributed by atoms with van der Waals surface area (Å²) in [6, 6.07) is 15.7. The zero-order valence-corrected chi connectivity index (χ0v) is 12.6. The Hall–Kier alpha value is -2.53. The minimum absolute atomic E-state index is 0.726. The van der Waals surface area contributed by atoms with Gasteiger partial charge in [0, 0.05) is 10.3 Å². The second kappa shape index (κ2) is 5.35. The molecular weight excluding hydrogens is 296 g/mol. The zero-order valence-electron chi connectivity index (χ0n) is 11.8. The van der Waals surface area contributed by atoms with Gasteiger partial charge in [0.2, 0.25) is 0 Å². The third-order valence-electron chi connectivity index (χ3n) is 3.40. The minimum Gasteiger partial charge on any atom is -0.497 e. The van der Waals surface area contributed by atoms with Crippen molar-refractivity contribution in [3.05, 3.63) is 54.9 Å². The van der Waals surface area contributed by atoms with Gasteiger partial charge in [-0.15, -0.1) is 0 Å². The van der Waals surface area contributed by atoms with Crippen LogP contribution in [0.5, 0.6) is 5.75 Å². The first-order chi connectivity index (χ1) is 10.8. The fourth-order valence-corrected chi connectivity index (χ4v) is 3.16. The van der Waals surface area contributed by atoms with Crippen molar-refractivity contribution in [2.24, 2.45) is 0 Å². The largest absolute Gasteiger partial charge is 0.497 e. The lowest BCUT2D eigenvalue weighted by atomic mass is 10.2. The Balaban J connectivity index is 1.80. The molecule has 0 atom stereocenters. The lowest BCUT2D eigenvalue weighted by molar-refractivity contribution is 0.414. The highest BCUT2D eigenvalue weighted by Gasteiger charge is 2.13. The molecule has 5 heteroatoms. The standard InChI is InChI=1S/C17H12N2O2S/c1-20-11-6-8-12(9-7-11)22-17-16-15(18-10-19-17)13-4-2-3-5-14(13)21-16/h2-10H,1H3. The van der Waals surface area contributed by atoms with E-state index in [-0.39, 0.29) is 0 Å². The van der Waals surface area contributed by atoms with Crippen LogP contribution < -0.4 is 4.74 Å². The summed E-state index contributed by atoms with van der Waals surface area (Å²) in [4.78, 5) is 9.80. The number of furan rings is 1. The van der Waals surface area contributed by atoms with Crippen LogP contribution in [0.4, 0.5) is 0 Å². The smallest absolute Gasteiger partial charge is 0.186 e. The maximum Gasteiger partial charge on any atom is 0.186 e. The lowest BCUT2D eigenvalue weighted by Gasteiger charge is -2.03. The first-order valence-corrected chi connectivity index (χ1v) is 7.61. The second-order valence-electron chi connectivity index (χ2n) is 4.73. The van der Waals surface area contributed by atoms with Gasteiger partial charge in [0.1, 0.15) is 28.2 Å². The van der Waals surface area contributed by atoms with E-state index < -0.39 is 0 Å². The summed E-state index contributed by atoms with van der Waals surface area (Å²) in [6.45, 7) is 0. The highest BCUT2D eigenvalue weighted by atomic mass is 32.2. The van der Waals surface area contributed by atoms with Gasteiger partial charge in [-0.2, -0.15) is 0 Å². The third kappa shape index (κ3) is 2.19. The maximum atomic E-state index is 5.93. The van der Waals surface area contributed by atoms with E-state index >= 15 is 0 Å². The van der Waals surface area contributed by atoms with E-state index in [0.717, 1.165) is 37.7 Å². The molecule has 0 aliphatic heterocycles. The number of benzene rings is 2. The molecule has 0 unspecified atom stereocenters. The summed E-state index contributed by atoms with van der Waals surface area (Å²) in [6.07, 6.45) is 1.58. The molecule has 4 rings (SSSR count). The Labute approximate surface area is 131 Å². The Morgan fingerprint density at radius 1 is 1.00 bits per heavy atom. The van der Waals surface area contributed by atoms with Crippen molar-refractivity contribution in [3.8, 4) is 5.75 Å².